The molecule has 0 spiro atoms. The second kappa shape index (κ2) is 8.64. The highest BCUT2D eigenvalue weighted by atomic mass is 32.2. The van der Waals surface area contributed by atoms with E-state index in [9.17, 15) is 13.6 Å². The highest BCUT2D eigenvalue weighted by Crippen LogP contribution is 2.32. The van der Waals surface area contributed by atoms with Crippen LogP contribution in [0.3, 0.4) is 0 Å². The van der Waals surface area contributed by atoms with E-state index in [0.29, 0.717) is 21.4 Å². The maximum absolute atomic E-state index is 14.8. The summed E-state index contributed by atoms with van der Waals surface area (Å²) in [5.74, 6) is -3.20. The smallest absolute Gasteiger partial charge is 0.327 e. The molecule has 0 aliphatic heterocycles. The van der Waals surface area contributed by atoms with Crippen LogP contribution >= 0.6 is 23.1 Å². The van der Waals surface area contributed by atoms with Crippen LogP contribution in [0.4, 0.5) is 8.78 Å². The predicted octanol–water partition coefficient (Wildman–Crippen LogP) is 3.38. The van der Waals surface area contributed by atoms with Crippen molar-refractivity contribution in [2.75, 3.05) is 34.2 Å². The van der Waals surface area contributed by atoms with Crippen molar-refractivity contribution >= 4 is 33.4 Å². The van der Waals surface area contributed by atoms with Crippen molar-refractivity contribution < 1.29 is 23.0 Å². The monoisotopic (exact) mass is 443 g/mol. The van der Waals surface area contributed by atoms with Gasteiger partial charge in [0, 0.05) is 18.7 Å². The number of rotatable bonds is 8. The molecule has 1 aromatic carbocycles. The fourth-order valence-electron chi connectivity index (χ4n) is 2.80. The Kier molecular flexibility index (Phi) is 6.39. The molecule has 7 nitrogen and oxygen atoms in total. The van der Waals surface area contributed by atoms with Gasteiger partial charge in [-0.2, -0.15) is 8.78 Å². The van der Waals surface area contributed by atoms with Crippen molar-refractivity contribution in [1.29, 1.82) is 0 Å². The van der Waals surface area contributed by atoms with Gasteiger partial charge in [-0.3, -0.25) is 9.36 Å². The summed E-state index contributed by atoms with van der Waals surface area (Å²) in [6.45, 7) is -1.07. The SMILES string of the molecule is COCC(F)(F)c1nc2sc(SC)nc2c(=O)n1Cc1ccc(OC)cc1OC. The Morgan fingerprint density at radius 2 is 1.97 bits per heavy atom. The van der Waals surface area contributed by atoms with Crippen LogP contribution in [-0.4, -0.2) is 48.7 Å². The van der Waals surface area contributed by atoms with Crippen molar-refractivity contribution in [2.24, 2.45) is 0 Å². The molecule has 2 heterocycles. The molecule has 3 aromatic rings. The fraction of sp³-hybridized carbons (Fsp3) is 0.389. The van der Waals surface area contributed by atoms with Crippen LogP contribution in [-0.2, 0) is 17.2 Å². The average molecular weight is 443 g/mol. The minimum Gasteiger partial charge on any atom is -0.497 e. The second-order valence-corrected chi connectivity index (χ2v) is 8.01. The van der Waals surface area contributed by atoms with Crippen LogP contribution < -0.4 is 15.0 Å². The molecule has 0 N–H and O–H groups in total. The number of benzene rings is 1. The summed E-state index contributed by atoms with van der Waals surface area (Å²) in [5, 5.41) is 0. The predicted molar refractivity (Wildman–Crippen MR) is 108 cm³/mol. The van der Waals surface area contributed by atoms with Gasteiger partial charge in [0.1, 0.15) is 18.1 Å². The first-order valence-corrected chi connectivity index (χ1v) is 10.4. The number of aromatic nitrogens is 3. The van der Waals surface area contributed by atoms with Gasteiger partial charge in [0.15, 0.2) is 20.5 Å². The number of thioether (sulfide) groups is 1. The molecule has 3 rings (SSSR count). The Morgan fingerprint density at radius 1 is 1.21 bits per heavy atom. The van der Waals surface area contributed by atoms with Gasteiger partial charge < -0.3 is 14.2 Å². The summed E-state index contributed by atoms with van der Waals surface area (Å²) in [6, 6.07) is 4.94. The third kappa shape index (κ3) is 4.21. The molecule has 0 saturated carbocycles. The lowest BCUT2D eigenvalue weighted by Crippen LogP contribution is -2.34. The van der Waals surface area contributed by atoms with E-state index in [0.717, 1.165) is 15.9 Å². The maximum Gasteiger partial charge on any atom is 0.327 e. The third-order valence-electron chi connectivity index (χ3n) is 4.15. The molecule has 0 fully saturated rings. The fourth-order valence-corrected chi connectivity index (χ4v) is 4.22. The lowest BCUT2D eigenvalue weighted by Gasteiger charge is -2.20. The Balaban J connectivity index is 2.22. The van der Waals surface area contributed by atoms with Crippen LogP contribution in [0.2, 0.25) is 0 Å². The van der Waals surface area contributed by atoms with Crippen molar-refractivity contribution in [2.45, 2.75) is 16.8 Å². The molecule has 0 aliphatic carbocycles. The van der Waals surface area contributed by atoms with E-state index in [2.05, 4.69) is 14.7 Å². The second-order valence-electron chi connectivity index (χ2n) is 5.98. The third-order valence-corrected chi connectivity index (χ3v) is 6.08. The van der Waals surface area contributed by atoms with Gasteiger partial charge in [0.2, 0.25) is 0 Å². The van der Waals surface area contributed by atoms with E-state index >= 15 is 0 Å². The van der Waals surface area contributed by atoms with Gasteiger partial charge in [-0.05, 0) is 18.4 Å². The van der Waals surface area contributed by atoms with Crippen molar-refractivity contribution in [3.8, 4) is 11.5 Å². The number of methoxy groups -OCH3 is 3. The Morgan fingerprint density at radius 3 is 2.59 bits per heavy atom. The Hall–Kier alpha value is -2.24. The number of thiazole rings is 1. The Labute approximate surface area is 173 Å². The normalized spacial score (nSPS) is 11.8. The number of halogens is 2. The highest BCUT2D eigenvalue weighted by molar-refractivity contribution is 8.00. The number of ether oxygens (including phenoxy) is 3. The number of nitrogens with zero attached hydrogens (tertiary/aromatic N) is 3. The summed E-state index contributed by atoms with van der Waals surface area (Å²) in [7, 11) is 4.12. The molecular formula is C18H19F2N3O4S2. The van der Waals surface area contributed by atoms with Crippen molar-refractivity contribution in [3.05, 3.63) is 39.9 Å². The molecule has 0 amide bonds. The van der Waals surface area contributed by atoms with Crippen molar-refractivity contribution in [3.63, 3.8) is 0 Å². The molecule has 0 unspecified atom stereocenters. The topological polar surface area (TPSA) is 75.5 Å². The van der Waals surface area contributed by atoms with E-state index in [1.54, 1.807) is 24.5 Å². The van der Waals surface area contributed by atoms with Gasteiger partial charge in [0.25, 0.3) is 5.56 Å². The van der Waals surface area contributed by atoms with Crippen LogP contribution in [0.25, 0.3) is 10.3 Å². The van der Waals surface area contributed by atoms with E-state index < -0.39 is 23.9 Å². The zero-order valence-electron chi connectivity index (χ0n) is 16.2. The van der Waals surface area contributed by atoms with Gasteiger partial charge in [-0.25, -0.2) is 9.97 Å². The van der Waals surface area contributed by atoms with E-state index in [1.165, 1.54) is 33.1 Å². The first-order chi connectivity index (χ1) is 13.8. The average Bonchev–Trinajstić information content (AvgIpc) is 3.13. The summed E-state index contributed by atoms with van der Waals surface area (Å²) in [4.78, 5) is 21.6. The van der Waals surface area contributed by atoms with Gasteiger partial charge >= 0.3 is 5.92 Å². The maximum atomic E-state index is 14.8. The largest absolute Gasteiger partial charge is 0.497 e. The molecule has 0 bridgehead atoms. The molecule has 0 radical (unpaired) electrons. The summed E-state index contributed by atoms with van der Waals surface area (Å²) >= 11 is 2.42. The van der Waals surface area contributed by atoms with Gasteiger partial charge in [-0.1, -0.05) is 23.1 Å². The summed E-state index contributed by atoms with van der Waals surface area (Å²) in [6.07, 6.45) is 1.79. The number of hydrogen-bond acceptors (Lipinski definition) is 8. The van der Waals surface area contributed by atoms with Crippen molar-refractivity contribution in [1.82, 2.24) is 14.5 Å². The molecular weight excluding hydrogens is 424 g/mol. The molecule has 0 aliphatic rings. The van der Waals surface area contributed by atoms with Crippen LogP contribution in [0.1, 0.15) is 11.4 Å². The Bertz CT molecular complexity index is 1080. The quantitative estimate of drug-likeness (QED) is 0.494. The minimum atomic E-state index is -3.47. The van der Waals surface area contributed by atoms with Crippen LogP contribution in [0, 0.1) is 0 Å². The lowest BCUT2D eigenvalue weighted by molar-refractivity contribution is -0.0794. The molecule has 2 aromatic heterocycles. The molecule has 11 heteroatoms. The van der Waals surface area contributed by atoms with Crippen LogP contribution in [0.15, 0.2) is 27.3 Å². The van der Waals surface area contributed by atoms with Crippen LogP contribution in [0.5, 0.6) is 11.5 Å². The molecule has 0 atom stereocenters. The van der Waals surface area contributed by atoms with E-state index in [1.807, 2.05) is 0 Å². The zero-order valence-corrected chi connectivity index (χ0v) is 17.8. The first kappa shape index (κ1) is 21.5. The van der Waals surface area contributed by atoms with E-state index in [4.69, 9.17) is 9.47 Å². The molecule has 29 heavy (non-hydrogen) atoms. The lowest BCUT2D eigenvalue weighted by atomic mass is 10.1. The number of hydrogen-bond donors (Lipinski definition) is 0. The summed E-state index contributed by atoms with van der Waals surface area (Å²) in [5.41, 5.74) is -0.0645. The first-order valence-electron chi connectivity index (χ1n) is 8.38. The van der Waals surface area contributed by atoms with E-state index in [-0.39, 0.29) is 16.9 Å². The molecule has 0 saturated heterocycles. The molecule has 156 valence electrons. The summed E-state index contributed by atoms with van der Waals surface area (Å²) < 4.78 is 46.3. The highest BCUT2D eigenvalue weighted by Gasteiger charge is 2.38. The van der Waals surface area contributed by atoms with Gasteiger partial charge in [-0.15, -0.1) is 0 Å². The zero-order chi connectivity index (χ0) is 21.2. The minimum absolute atomic E-state index is 0.0591. The van der Waals surface area contributed by atoms with Gasteiger partial charge in [0.05, 0.1) is 20.8 Å². The standard InChI is InChI=1S/C18H19F2N3O4S2/c1-25-9-18(19,20)16-22-14-13(21-17(28-4)29-14)15(24)23(16)8-10-5-6-11(26-2)7-12(10)27-3/h5-7H,8-9H2,1-4H3. The number of fused-ring (bicyclic) bond motifs is 1. The number of alkyl halides is 2.